The molecule has 0 saturated carbocycles. The van der Waals surface area contributed by atoms with Crippen LogP contribution in [0.4, 0.5) is 5.69 Å². The number of nitrogens with zero attached hydrogens (tertiary/aromatic N) is 1. The van der Waals surface area contributed by atoms with Crippen LogP contribution in [0, 0.1) is 6.92 Å². The van der Waals surface area contributed by atoms with Gasteiger partial charge in [0.15, 0.2) is 0 Å². The second kappa shape index (κ2) is 7.41. The van der Waals surface area contributed by atoms with Crippen molar-refractivity contribution in [1.29, 1.82) is 0 Å². The summed E-state index contributed by atoms with van der Waals surface area (Å²) in [6.07, 6.45) is 2.26. The quantitative estimate of drug-likeness (QED) is 0.864. The van der Waals surface area contributed by atoms with Gasteiger partial charge >= 0.3 is 0 Å². The van der Waals surface area contributed by atoms with E-state index in [1.54, 1.807) is 0 Å². The molecule has 1 aromatic rings. The first-order chi connectivity index (χ1) is 9.69. The number of carbonyl (C=O) groups excluding carboxylic acids is 1. The molecular weight excluding hydrogens is 250 g/mol. The third kappa shape index (κ3) is 4.32. The normalized spacial score (nSPS) is 16.4. The number of hydrogen-bond donors (Lipinski definition) is 2. The summed E-state index contributed by atoms with van der Waals surface area (Å²) in [6, 6.07) is 8.47. The van der Waals surface area contributed by atoms with Crippen LogP contribution < -0.4 is 10.6 Å². The molecule has 4 nitrogen and oxygen atoms in total. The minimum absolute atomic E-state index is 0.0780. The molecule has 1 amide bonds. The first-order valence-electron chi connectivity index (χ1n) is 7.50. The third-order valence-electron chi connectivity index (χ3n) is 3.91. The van der Waals surface area contributed by atoms with Crippen LogP contribution in [0.5, 0.6) is 0 Å². The minimum Gasteiger partial charge on any atom is -0.325 e. The lowest BCUT2D eigenvalue weighted by molar-refractivity contribution is -0.118. The van der Waals surface area contributed by atoms with Crippen molar-refractivity contribution in [3.05, 3.63) is 29.8 Å². The number of piperidine rings is 1. The van der Waals surface area contributed by atoms with Gasteiger partial charge < -0.3 is 10.6 Å². The van der Waals surface area contributed by atoms with Gasteiger partial charge in [-0.05, 0) is 51.5 Å². The fraction of sp³-hybridized carbons (Fsp3) is 0.562. The van der Waals surface area contributed by atoms with Gasteiger partial charge in [-0.3, -0.25) is 9.69 Å². The molecule has 1 aromatic carbocycles. The van der Waals surface area contributed by atoms with Crippen LogP contribution in [0.15, 0.2) is 24.3 Å². The first kappa shape index (κ1) is 15.0. The molecule has 0 spiro atoms. The summed E-state index contributed by atoms with van der Waals surface area (Å²) in [5, 5.41) is 6.34. The molecule has 1 aliphatic heterocycles. The standard InChI is InChI=1S/C16H25N3O/c1-3-19(15-8-10-17-11-9-15)12-16(20)18-14-6-4-13(2)5-7-14/h4-7,15,17H,3,8-12H2,1-2H3,(H,18,20). The molecule has 1 aliphatic rings. The van der Waals surface area contributed by atoms with E-state index >= 15 is 0 Å². The van der Waals surface area contributed by atoms with Crippen molar-refractivity contribution < 1.29 is 4.79 Å². The van der Waals surface area contributed by atoms with E-state index in [4.69, 9.17) is 0 Å². The highest BCUT2D eigenvalue weighted by atomic mass is 16.2. The Labute approximate surface area is 121 Å². The molecule has 0 unspecified atom stereocenters. The van der Waals surface area contributed by atoms with Crippen LogP contribution >= 0.6 is 0 Å². The van der Waals surface area contributed by atoms with E-state index in [1.165, 1.54) is 5.56 Å². The summed E-state index contributed by atoms with van der Waals surface area (Å²) in [5.74, 6) is 0.0780. The average Bonchev–Trinajstić information content (AvgIpc) is 2.48. The minimum atomic E-state index is 0.0780. The average molecular weight is 275 g/mol. The summed E-state index contributed by atoms with van der Waals surface area (Å²) in [6.45, 7) is 7.69. The van der Waals surface area contributed by atoms with Crippen molar-refractivity contribution in [3.8, 4) is 0 Å². The first-order valence-corrected chi connectivity index (χ1v) is 7.50. The van der Waals surface area contributed by atoms with Gasteiger partial charge in [-0.2, -0.15) is 0 Å². The lowest BCUT2D eigenvalue weighted by Crippen LogP contribution is -2.46. The molecule has 20 heavy (non-hydrogen) atoms. The van der Waals surface area contributed by atoms with Gasteiger partial charge in [-0.1, -0.05) is 24.6 Å². The lowest BCUT2D eigenvalue weighted by atomic mass is 10.0. The zero-order valence-corrected chi connectivity index (χ0v) is 12.5. The maximum absolute atomic E-state index is 12.1. The number of anilines is 1. The van der Waals surface area contributed by atoms with Gasteiger partial charge in [0.05, 0.1) is 6.54 Å². The fourth-order valence-corrected chi connectivity index (χ4v) is 2.69. The van der Waals surface area contributed by atoms with E-state index in [0.29, 0.717) is 12.6 Å². The highest BCUT2D eigenvalue weighted by molar-refractivity contribution is 5.92. The van der Waals surface area contributed by atoms with E-state index in [0.717, 1.165) is 38.2 Å². The monoisotopic (exact) mass is 275 g/mol. The van der Waals surface area contributed by atoms with Crippen molar-refractivity contribution in [3.63, 3.8) is 0 Å². The molecule has 4 heteroatoms. The Bertz CT molecular complexity index is 424. The molecule has 1 fully saturated rings. The van der Waals surface area contributed by atoms with E-state index in [9.17, 15) is 4.79 Å². The lowest BCUT2D eigenvalue weighted by Gasteiger charge is -2.33. The van der Waals surface area contributed by atoms with Crippen molar-refractivity contribution in [2.75, 3.05) is 31.5 Å². The van der Waals surface area contributed by atoms with Gasteiger partial charge in [0.2, 0.25) is 5.91 Å². The summed E-state index contributed by atoms with van der Waals surface area (Å²) < 4.78 is 0. The third-order valence-corrected chi connectivity index (χ3v) is 3.91. The SMILES string of the molecule is CCN(CC(=O)Nc1ccc(C)cc1)C1CCNCC1. The molecule has 110 valence electrons. The molecule has 2 N–H and O–H groups in total. The van der Waals surface area contributed by atoms with Gasteiger partial charge in [0, 0.05) is 11.7 Å². The number of amides is 1. The second-order valence-corrected chi connectivity index (χ2v) is 5.46. The Morgan fingerprint density at radius 1 is 1.30 bits per heavy atom. The molecule has 0 radical (unpaired) electrons. The number of rotatable bonds is 5. The van der Waals surface area contributed by atoms with E-state index in [-0.39, 0.29) is 5.91 Å². The number of hydrogen-bond acceptors (Lipinski definition) is 3. The zero-order valence-electron chi connectivity index (χ0n) is 12.5. The maximum atomic E-state index is 12.1. The largest absolute Gasteiger partial charge is 0.325 e. The van der Waals surface area contributed by atoms with Crippen LogP contribution in [-0.4, -0.2) is 43.0 Å². The molecular formula is C16H25N3O. The summed E-state index contributed by atoms with van der Waals surface area (Å²) >= 11 is 0. The van der Waals surface area contributed by atoms with Crippen molar-refractivity contribution >= 4 is 11.6 Å². The Kier molecular flexibility index (Phi) is 5.56. The predicted octanol–water partition coefficient (Wildman–Crippen LogP) is 2.01. The number of aryl methyl sites for hydroxylation is 1. The van der Waals surface area contributed by atoms with Crippen LogP contribution in [0.3, 0.4) is 0 Å². The van der Waals surface area contributed by atoms with Crippen LogP contribution in [-0.2, 0) is 4.79 Å². The number of likely N-dealkylation sites (N-methyl/N-ethyl adjacent to an activating group) is 1. The van der Waals surface area contributed by atoms with Gasteiger partial charge in [-0.15, -0.1) is 0 Å². The van der Waals surface area contributed by atoms with Crippen LogP contribution in [0.1, 0.15) is 25.3 Å². The molecule has 0 aromatic heterocycles. The van der Waals surface area contributed by atoms with Gasteiger partial charge in [0.1, 0.15) is 0 Å². The highest BCUT2D eigenvalue weighted by Crippen LogP contribution is 2.12. The maximum Gasteiger partial charge on any atom is 0.238 e. The van der Waals surface area contributed by atoms with Crippen LogP contribution in [0.25, 0.3) is 0 Å². The Morgan fingerprint density at radius 2 is 1.95 bits per heavy atom. The van der Waals surface area contributed by atoms with Gasteiger partial charge in [-0.25, -0.2) is 0 Å². The number of carbonyl (C=O) groups is 1. The molecule has 0 aliphatic carbocycles. The topological polar surface area (TPSA) is 44.4 Å². The van der Waals surface area contributed by atoms with E-state index in [1.807, 2.05) is 31.2 Å². The van der Waals surface area contributed by atoms with Crippen molar-refractivity contribution in [1.82, 2.24) is 10.2 Å². The highest BCUT2D eigenvalue weighted by Gasteiger charge is 2.21. The van der Waals surface area contributed by atoms with Crippen LogP contribution in [0.2, 0.25) is 0 Å². The summed E-state index contributed by atoms with van der Waals surface area (Å²) in [7, 11) is 0. The number of nitrogens with one attached hydrogen (secondary N) is 2. The fourth-order valence-electron chi connectivity index (χ4n) is 2.69. The molecule has 1 heterocycles. The van der Waals surface area contributed by atoms with Crippen molar-refractivity contribution in [2.45, 2.75) is 32.7 Å². The van der Waals surface area contributed by atoms with E-state index in [2.05, 4.69) is 22.5 Å². The second-order valence-electron chi connectivity index (χ2n) is 5.46. The zero-order chi connectivity index (χ0) is 14.4. The Balaban J connectivity index is 1.86. The Hall–Kier alpha value is -1.39. The molecule has 1 saturated heterocycles. The Morgan fingerprint density at radius 3 is 2.55 bits per heavy atom. The summed E-state index contributed by atoms with van der Waals surface area (Å²) in [5.41, 5.74) is 2.08. The van der Waals surface area contributed by atoms with E-state index < -0.39 is 0 Å². The molecule has 0 bridgehead atoms. The van der Waals surface area contributed by atoms with Gasteiger partial charge in [0.25, 0.3) is 0 Å². The molecule has 0 atom stereocenters. The van der Waals surface area contributed by atoms with Crippen molar-refractivity contribution in [2.24, 2.45) is 0 Å². The molecule has 2 rings (SSSR count). The summed E-state index contributed by atoms with van der Waals surface area (Å²) in [4.78, 5) is 14.4. The smallest absolute Gasteiger partial charge is 0.238 e. The number of benzene rings is 1. The predicted molar refractivity (Wildman–Crippen MR) is 82.9 cm³/mol.